The molecule has 0 bridgehead atoms. The molecule has 1 atom stereocenters. The monoisotopic (exact) mass is 277 g/mol. The molecule has 20 heavy (non-hydrogen) atoms. The molecule has 4 heteroatoms. The standard InChI is InChI=1S/C16H27N3O/c1-16(2,3)13-8-6-12(7-9-13)14(15(17)20)18-10-11-19(4)5/h6-9,14,18H,10-11H2,1-5H3,(H2,17,20). The van der Waals surface area contributed by atoms with E-state index in [2.05, 4.69) is 43.1 Å². The summed E-state index contributed by atoms with van der Waals surface area (Å²) in [6.45, 7) is 8.10. The molecule has 0 aromatic heterocycles. The van der Waals surface area contributed by atoms with Crippen molar-refractivity contribution in [2.45, 2.75) is 32.2 Å². The van der Waals surface area contributed by atoms with Gasteiger partial charge in [0.2, 0.25) is 5.91 Å². The van der Waals surface area contributed by atoms with Crippen molar-refractivity contribution >= 4 is 5.91 Å². The molecule has 0 fully saturated rings. The fourth-order valence-electron chi connectivity index (χ4n) is 1.99. The van der Waals surface area contributed by atoms with Gasteiger partial charge in [0.25, 0.3) is 0 Å². The second-order valence-corrected chi connectivity index (χ2v) is 6.46. The number of carbonyl (C=O) groups is 1. The summed E-state index contributed by atoms with van der Waals surface area (Å²) in [6, 6.07) is 7.68. The van der Waals surface area contributed by atoms with Crippen LogP contribution in [-0.2, 0) is 10.2 Å². The van der Waals surface area contributed by atoms with Crippen LogP contribution in [0.15, 0.2) is 24.3 Å². The lowest BCUT2D eigenvalue weighted by Crippen LogP contribution is -2.37. The normalized spacial score (nSPS) is 13.5. The maximum absolute atomic E-state index is 11.6. The average molecular weight is 277 g/mol. The third kappa shape index (κ3) is 4.94. The molecular weight excluding hydrogens is 250 g/mol. The fourth-order valence-corrected chi connectivity index (χ4v) is 1.99. The maximum Gasteiger partial charge on any atom is 0.239 e. The summed E-state index contributed by atoms with van der Waals surface area (Å²) < 4.78 is 0. The Labute approximate surface area is 122 Å². The van der Waals surface area contributed by atoms with Crippen molar-refractivity contribution in [3.63, 3.8) is 0 Å². The van der Waals surface area contributed by atoms with Gasteiger partial charge in [-0.3, -0.25) is 4.79 Å². The van der Waals surface area contributed by atoms with E-state index in [0.29, 0.717) is 0 Å². The summed E-state index contributed by atoms with van der Waals surface area (Å²) >= 11 is 0. The number of nitrogens with one attached hydrogen (secondary N) is 1. The minimum atomic E-state index is -0.427. The minimum absolute atomic E-state index is 0.110. The topological polar surface area (TPSA) is 58.4 Å². The van der Waals surface area contributed by atoms with E-state index in [0.717, 1.165) is 18.7 Å². The first-order chi connectivity index (χ1) is 9.21. The van der Waals surface area contributed by atoms with Crippen LogP contribution in [0.3, 0.4) is 0 Å². The quantitative estimate of drug-likeness (QED) is 0.831. The summed E-state index contributed by atoms with van der Waals surface area (Å²) in [5.41, 5.74) is 7.77. The zero-order chi connectivity index (χ0) is 15.3. The minimum Gasteiger partial charge on any atom is -0.368 e. The second-order valence-electron chi connectivity index (χ2n) is 6.46. The van der Waals surface area contributed by atoms with E-state index in [9.17, 15) is 4.79 Å². The molecule has 1 unspecified atom stereocenters. The zero-order valence-corrected chi connectivity index (χ0v) is 13.2. The largest absolute Gasteiger partial charge is 0.368 e. The van der Waals surface area contributed by atoms with Gasteiger partial charge in [0.1, 0.15) is 6.04 Å². The fraction of sp³-hybridized carbons (Fsp3) is 0.562. The predicted molar refractivity (Wildman–Crippen MR) is 83.6 cm³/mol. The first-order valence-corrected chi connectivity index (χ1v) is 6.99. The van der Waals surface area contributed by atoms with E-state index in [4.69, 9.17) is 5.73 Å². The van der Waals surface area contributed by atoms with Crippen molar-refractivity contribution in [2.24, 2.45) is 5.73 Å². The van der Waals surface area contributed by atoms with Gasteiger partial charge in [-0.1, -0.05) is 45.0 Å². The lowest BCUT2D eigenvalue weighted by atomic mass is 9.86. The van der Waals surface area contributed by atoms with Crippen molar-refractivity contribution in [3.05, 3.63) is 35.4 Å². The first-order valence-electron chi connectivity index (χ1n) is 6.99. The number of hydrogen-bond donors (Lipinski definition) is 2. The molecule has 0 aliphatic rings. The van der Waals surface area contributed by atoms with Crippen molar-refractivity contribution in [2.75, 3.05) is 27.2 Å². The number of rotatable bonds is 6. The van der Waals surface area contributed by atoms with Gasteiger partial charge in [-0.25, -0.2) is 0 Å². The van der Waals surface area contributed by atoms with E-state index in [-0.39, 0.29) is 11.3 Å². The van der Waals surface area contributed by atoms with Crippen LogP contribution in [0.25, 0.3) is 0 Å². The van der Waals surface area contributed by atoms with Crippen LogP contribution in [0.4, 0.5) is 0 Å². The molecule has 3 N–H and O–H groups in total. The summed E-state index contributed by atoms with van der Waals surface area (Å²) in [5.74, 6) is -0.340. The highest BCUT2D eigenvalue weighted by molar-refractivity contribution is 5.81. The van der Waals surface area contributed by atoms with Crippen LogP contribution in [0, 0.1) is 0 Å². The van der Waals surface area contributed by atoms with Crippen molar-refractivity contribution in [1.29, 1.82) is 0 Å². The highest BCUT2D eigenvalue weighted by Gasteiger charge is 2.18. The number of primary amides is 1. The first kappa shape index (κ1) is 16.7. The molecule has 0 aliphatic carbocycles. The van der Waals surface area contributed by atoms with Gasteiger partial charge in [0.05, 0.1) is 0 Å². The Hall–Kier alpha value is -1.39. The van der Waals surface area contributed by atoms with Gasteiger partial charge >= 0.3 is 0 Å². The summed E-state index contributed by atoms with van der Waals surface area (Å²) in [7, 11) is 4.00. The molecule has 0 aliphatic heterocycles. The van der Waals surface area contributed by atoms with E-state index < -0.39 is 6.04 Å². The molecule has 0 spiro atoms. The zero-order valence-electron chi connectivity index (χ0n) is 13.2. The Morgan fingerprint density at radius 2 is 1.80 bits per heavy atom. The van der Waals surface area contributed by atoms with Gasteiger partial charge in [0, 0.05) is 13.1 Å². The summed E-state index contributed by atoms with van der Waals surface area (Å²) in [5, 5.41) is 3.21. The molecule has 1 rings (SSSR count). The van der Waals surface area contributed by atoms with Crippen molar-refractivity contribution in [1.82, 2.24) is 10.2 Å². The summed E-state index contributed by atoms with van der Waals surface area (Å²) in [4.78, 5) is 13.7. The van der Waals surface area contributed by atoms with Crippen LogP contribution < -0.4 is 11.1 Å². The van der Waals surface area contributed by atoms with Gasteiger partial charge in [-0.2, -0.15) is 0 Å². The molecule has 0 radical (unpaired) electrons. The number of benzene rings is 1. The highest BCUT2D eigenvalue weighted by atomic mass is 16.1. The SMILES string of the molecule is CN(C)CCNC(C(N)=O)c1ccc(C(C)(C)C)cc1. The van der Waals surface area contributed by atoms with Crippen LogP contribution >= 0.6 is 0 Å². The Morgan fingerprint density at radius 3 is 2.20 bits per heavy atom. The molecule has 1 aromatic rings. The van der Waals surface area contributed by atoms with Crippen molar-refractivity contribution < 1.29 is 4.79 Å². The Morgan fingerprint density at radius 1 is 1.25 bits per heavy atom. The lowest BCUT2D eigenvalue weighted by molar-refractivity contribution is -0.120. The number of nitrogens with zero attached hydrogens (tertiary/aromatic N) is 1. The Kier molecular flexibility index (Phi) is 5.72. The maximum atomic E-state index is 11.6. The van der Waals surface area contributed by atoms with E-state index in [1.54, 1.807) is 0 Å². The van der Waals surface area contributed by atoms with E-state index >= 15 is 0 Å². The van der Waals surface area contributed by atoms with Crippen LogP contribution in [0.1, 0.15) is 37.9 Å². The van der Waals surface area contributed by atoms with Gasteiger partial charge in [-0.05, 0) is 30.6 Å². The van der Waals surface area contributed by atoms with Gasteiger partial charge in [-0.15, -0.1) is 0 Å². The Balaban J connectivity index is 2.80. The highest BCUT2D eigenvalue weighted by Crippen LogP contribution is 2.23. The molecular formula is C16H27N3O. The van der Waals surface area contributed by atoms with Crippen molar-refractivity contribution in [3.8, 4) is 0 Å². The van der Waals surface area contributed by atoms with Gasteiger partial charge in [0.15, 0.2) is 0 Å². The van der Waals surface area contributed by atoms with Crippen LogP contribution in [0.5, 0.6) is 0 Å². The average Bonchev–Trinajstić information content (AvgIpc) is 2.33. The molecule has 4 nitrogen and oxygen atoms in total. The molecule has 0 saturated carbocycles. The molecule has 0 saturated heterocycles. The lowest BCUT2D eigenvalue weighted by Gasteiger charge is -2.21. The number of nitrogens with two attached hydrogens (primary N) is 1. The molecule has 112 valence electrons. The number of carbonyl (C=O) groups excluding carboxylic acids is 1. The summed E-state index contributed by atoms with van der Waals surface area (Å²) in [6.07, 6.45) is 0. The number of amides is 1. The molecule has 0 heterocycles. The van der Waals surface area contributed by atoms with Crippen LogP contribution in [-0.4, -0.2) is 38.0 Å². The Bertz CT molecular complexity index is 432. The third-order valence-corrected chi connectivity index (χ3v) is 3.30. The number of likely N-dealkylation sites (N-methyl/N-ethyl adjacent to an activating group) is 1. The second kappa shape index (κ2) is 6.86. The molecule has 1 aromatic carbocycles. The van der Waals surface area contributed by atoms with Crippen LogP contribution in [0.2, 0.25) is 0 Å². The van der Waals surface area contributed by atoms with E-state index in [1.165, 1.54) is 5.56 Å². The molecule has 1 amide bonds. The van der Waals surface area contributed by atoms with Gasteiger partial charge < -0.3 is 16.0 Å². The smallest absolute Gasteiger partial charge is 0.239 e. The predicted octanol–water partition coefficient (Wildman–Crippen LogP) is 1.66. The number of hydrogen-bond acceptors (Lipinski definition) is 3. The third-order valence-electron chi connectivity index (χ3n) is 3.30. The van der Waals surface area contributed by atoms with E-state index in [1.807, 2.05) is 26.2 Å².